The van der Waals surface area contributed by atoms with Crippen molar-refractivity contribution in [2.24, 2.45) is 0 Å². The van der Waals surface area contributed by atoms with Gasteiger partial charge in [0.15, 0.2) is 0 Å². The Morgan fingerprint density at radius 2 is 2.12 bits per heavy atom. The van der Waals surface area contributed by atoms with Crippen molar-refractivity contribution >= 4 is 0 Å². The van der Waals surface area contributed by atoms with Crippen LogP contribution in [0, 0.1) is 0 Å². The fourth-order valence-corrected chi connectivity index (χ4v) is 0.245. The lowest BCUT2D eigenvalue weighted by Crippen LogP contribution is -2.17. The van der Waals surface area contributed by atoms with Gasteiger partial charge >= 0.3 is 0 Å². The van der Waals surface area contributed by atoms with E-state index >= 15 is 0 Å². The van der Waals surface area contributed by atoms with Crippen molar-refractivity contribution in [2.45, 2.75) is 13.5 Å². The molecule has 52 valence electrons. The summed E-state index contributed by atoms with van der Waals surface area (Å²) in [5.41, 5.74) is 0. The van der Waals surface area contributed by atoms with Gasteiger partial charge in [-0.25, -0.2) is 0 Å². The first-order chi connectivity index (χ1) is 3.31. The van der Waals surface area contributed by atoms with Gasteiger partial charge in [0.25, 0.3) is 0 Å². The molecule has 0 aromatic rings. The number of methoxy groups -OCH3 is 1. The van der Waals surface area contributed by atoms with Gasteiger partial charge in [-0.2, -0.15) is 0 Å². The molecule has 0 aromatic heterocycles. The fourth-order valence-electron chi connectivity index (χ4n) is 0.245. The molecular formula is C5H14O3. The van der Waals surface area contributed by atoms with Crippen molar-refractivity contribution in [3.05, 3.63) is 0 Å². The van der Waals surface area contributed by atoms with Gasteiger partial charge in [0, 0.05) is 7.11 Å². The molecule has 0 rings (SSSR count). The van der Waals surface area contributed by atoms with E-state index < -0.39 is 6.10 Å². The number of hydrogen-bond acceptors (Lipinski definition) is 3. The predicted molar refractivity (Wildman–Crippen MR) is 31.7 cm³/mol. The van der Waals surface area contributed by atoms with E-state index in [0.29, 0.717) is 0 Å². The maximum absolute atomic E-state index is 8.48. The minimum atomic E-state index is -0.718. The molecule has 0 aromatic carbocycles. The summed E-state index contributed by atoms with van der Waals surface area (Å²) in [6.07, 6.45) is -0.718. The Hall–Kier alpha value is -0.120. The predicted octanol–water partition coefficient (Wildman–Crippen LogP) is -0.378. The lowest BCUT2D eigenvalue weighted by molar-refractivity contribution is 0.0254. The van der Waals surface area contributed by atoms with E-state index in [9.17, 15) is 0 Å². The average Bonchev–Trinajstić information content (AvgIpc) is 1.68. The standard InChI is InChI=1S/C4H10O3.CH4/c1-7-3-4(6)2-5;/h4-6H,2-3H2,1H3;1H4. The molecule has 0 saturated heterocycles. The van der Waals surface area contributed by atoms with Gasteiger partial charge < -0.3 is 14.9 Å². The Morgan fingerprint density at radius 3 is 2.25 bits per heavy atom. The highest BCUT2D eigenvalue weighted by atomic mass is 16.5. The maximum atomic E-state index is 8.48. The van der Waals surface area contributed by atoms with Gasteiger partial charge in [-0.05, 0) is 0 Å². The summed E-state index contributed by atoms with van der Waals surface area (Å²) in [6.45, 7) is -0.0235. The van der Waals surface area contributed by atoms with E-state index in [1.807, 2.05) is 0 Å². The minimum absolute atomic E-state index is 0. The van der Waals surface area contributed by atoms with E-state index in [4.69, 9.17) is 10.2 Å². The average molecular weight is 122 g/mol. The van der Waals surface area contributed by atoms with Crippen LogP contribution in [0.15, 0.2) is 0 Å². The van der Waals surface area contributed by atoms with Crippen molar-refractivity contribution in [1.29, 1.82) is 0 Å². The SMILES string of the molecule is C.COCC(O)CO. The van der Waals surface area contributed by atoms with Crippen molar-refractivity contribution in [2.75, 3.05) is 20.3 Å². The zero-order chi connectivity index (χ0) is 5.70. The third kappa shape index (κ3) is 5.88. The molecule has 3 heteroatoms. The van der Waals surface area contributed by atoms with E-state index in [-0.39, 0.29) is 20.6 Å². The van der Waals surface area contributed by atoms with E-state index in [2.05, 4.69) is 4.74 Å². The van der Waals surface area contributed by atoms with Gasteiger partial charge in [-0.15, -0.1) is 0 Å². The molecule has 3 nitrogen and oxygen atoms in total. The second-order valence-corrected chi connectivity index (χ2v) is 1.29. The molecule has 0 bridgehead atoms. The molecule has 0 saturated carbocycles. The minimum Gasteiger partial charge on any atom is -0.394 e. The second kappa shape index (κ2) is 6.88. The highest BCUT2D eigenvalue weighted by Crippen LogP contribution is 1.77. The molecule has 1 unspecified atom stereocenters. The molecule has 0 radical (unpaired) electrons. The van der Waals surface area contributed by atoms with Crippen molar-refractivity contribution in [1.82, 2.24) is 0 Å². The van der Waals surface area contributed by atoms with Gasteiger partial charge in [0.1, 0.15) is 6.10 Å². The van der Waals surface area contributed by atoms with Gasteiger partial charge in [0.2, 0.25) is 0 Å². The van der Waals surface area contributed by atoms with Crippen molar-refractivity contribution in [3.8, 4) is 0 Å². The first-order valence-electron chi connectivity index (χ1n) is 2.09. The summed E-state index contributed by atoms with van der Waals surface area (Å²) in [4.78, 5) is 0. The summed E-state index contributed by atoms with van der Waals surface area (Å²) in [5.74, 6) is 0. The number of aliphatic hydroxyl groups excluding tert-OH is 2. The molecule has 8 heavy (non-hydrogen) atoms. The largest absolute Gasteiger partial charge is 0.394 e. The third-order valence-corrected chi connectivity index (χ3v) is 0.570. The normalized spacial score (nSPS) is 12.4. The number of hydrogen-bond donors (Lipinski definition) is 2. The Kier molecular flexibility index (Phi) is 9.28. The van der Waals surface area contributed by atoms with E-state index in [1.54, 1.807) is 0 Å². The topological polar surface area (TPSA) is 49.7 Å². The quantitative estimate of drug-likeness (QED) is 0.536. The Morgan fingerprint density at radius 1 is 1.62 bits per heavy atom. The van der Waals surface area contributed by atoms with Crippen LogP contribution < -0.4 is 0 Å². The maximum Gasteiger partial charge on any atom is 0.100 e. The lowest BCUT2D eigenvalue weighted by atomic mass is 10.4. The number of rotatable bonds is 3. The molecular weight excluding hydrogens is 108 g/mol. The van der Waals surface area contributed by atoms with Crippen LogP contribution in [0.1, 0.15) is 7.43 Å². The highest BCUT2D eigenvalue weighted by molar-refractivity contribution is 4.46. The van der Waals surface area contributed by atoms with Crippen LogP contribution in [0.2, 0.25) is 0 Å². The first kappa shape index (κ1) is 10.8. The molecule has 0 amide bonds. The second-order valence-electron chi connectivity index (χ2n) is 1.29. The molecule has 0 fully saturated rings. The lowest BCUT2D eigenvalue weighted by Gasteiger charge is -2.01. The fraction of sp³-hybridized carbons (Fsp3) is 1.00. The number of ether oxygens (including phenoxy) is 1. The van der Waals surface area contributed by atoms with Crippen LogP contribution >= 0.6 is 0 Å². The summed E-state index contributed by atoms with van der Waals surface area (Å²) < 4.78 is 4.48. The van der Waals surface area contributed by atoms with Gasteiger partial charge in [0.05, 0.1) is 13.2 Å². The molecule has 1 atom stereocenters. The monoisotopic (exact) mass is 122 g/mol. The van der Waals surface area contributed by atoms with Gasteiger partial charge in [-0.1, -0.05) is 7.43 Å². The van der Waals surface area contributed by atoms with Gasteiger partial charge in [-0.3, -0.25) is 0 Å². The number of aliphatic hydroxyl groups is 2. The van der Waals surface area contributed by atoms with E-state index in [1.165, 1.54) is 7.11 Å². The van der Waals surface area contributed by atoms with Crippen LogP contribution in [-0.4, -0.2) is 36.6 Å². The molecule has 0 heterocycles. The first-order valence-corrected chi connectivity index (χ1v) is 2.09. The van der Waals surface area contributed by atoms with Crippen LogP contribution in [0.3, 0.4) is 0 Å². The van der Waals surface area contributed by atoms with Crippen LogP contribution in [0.5, 0.6) is 0 Å². The molecule has 0 aliphatic heterocycles. The summed E-state index contributed by atoms with van der Waals surface area (Å²) in [5, 5.41) is 16.6. The Labute approximate surface area is 49.9 Å². The highest BCUT2D eigenvalue weighted by Gasteiger charge is 1.96. The zero-order valence-corrected chi connectivity index (χ0v) is 4.29. The Bertz CT molecular complexity index is 38.7. The molecule has 0 aliphatic rings. The summed E-state index contributed by atoms with van der Waals surface area (Å²) >= 11 is 0. The molecule has 0 aliphatic carbocycles. The third-order valence-electron chi connectivity index (χ3n) is 0.570. The van der Waals surface area contributed by atoms with Crippen molar-refractivity contribution < 1.29 is 14.9 Å². The Balaban J connectivity index is 0. The summed E-state index contributed by atoms with van der Waals surface area (Å²) in [6, 6.07) is 0. The van der Waals surface area contributed by atoms with Crippen LogP contribution in [-0.2, 0) is 4.74 Å². The van der Waals surface area contributed by atoms with E-state index in [0.717, 1.165) is 0 Å². The smallest absolute Gasteiger partial charge is 0.100 e. The van der Waals surface area contributed by atoms with Crippen LogP contribution in [0.25, 0.3) is 0 Å². The molecule has 2 N–H and O–H groups in total. The zero-order valence-electron chi connectivity index (χ0n) is 4.29. The summed E-state index contributed by atoms with van der Waals surface area (Å²) in [7, 11) is 1.47. The van der Waals surface area contributed by atoms with Crippen LogP contribution in [0.4, 0.5) is 0 Å². The van der Waals surface area contributed by atoms with Crippen molar-refractivity contribution in [3.63, 3.8) is 0 Å². The molecule has 0 spiro atoms.